The van der Waals surface area contributed by atoms with E-state index in [-0.39, 0.29) is 4.65 Å². The summed E-state index contributed by atoms with van der Waals surface area (Å²) in [6.07, 6.45) is 0.332. The summed E-state index contributed by atoms with van der Waals surface area (Å²) in [6.45, 7) is 0.383. The molecule has 1 atom stereocenters. The van der Waals surface area contributed by atoms with E-state index in [1.165, 1.54) is 26.4 Å². The Morgan fingerprint density at radius 1 is 1.24 bits per heavy atom. The lowest BCUT2D eigenvalue weighted by Gasteiger charge is -2.31. The standard InChI is InChI=1S/C15H19F3NO2/c1-19(21-3)7-4-5-13-11(6-8-20-2)9-12(10-14(13)19)15(16,17)18/h4,7,9-10H,5-6,8H2,1-3H3/q+1. The third-order valence-corrected chi connectivity index (χ3v) is 3.79. The lowest BCUT2D eigenvalue weighted by Crippen LogP contribution is -2.40. The molecule has 0 aliphatic carbocycles. The number of ether oxygens (including phenoxy) is 1. The van der Waals surface area contributed by atoms with Crippen LogP contribution in [0.25, 0.3) is 0 Å². The molecule has 6 heteroatoms. The molecule has 0 N–H and O–H groups in total. The van der Waals surface area contributed by atoms with Crippen LogP contribution in [0, 0.1) is 0 Å². The molecule has 0 bridgehead atoms. The highest BCUT2D eigenvalue weighted by molar-refractivity contribution is 5.59. The molecule has 0 fully saturated rings. The third kappa shape index (κ3) is 3.12. The van der Waals surface area contributed by atoms with E-state index in [1.54, 1.807) is 13.2 Å². The topological polar surface area (TPSA) is 18.5 Å². The smallest absolute Gasteiger partial charge is 0.384 e. The van der Waals surface area contributed by atoms with Crippen LogP contribution in [0.5, 0.6) is 0 Å². The fraction of sp³-hybridized carbons (Fsp3) is 0.467. The molecule has 116 valence electrons. The van der Waals surface area contributed by atoms with Crippen molar-refractivity contribution >= 4 is 5.69 Å². The van der Waals surface area contributed by atoms with E-state index in [1.807, 2.05) is 6.08 Å². The van der Waals surface area contributed by atoms with Crippen LogP contribution >= 0.6 is 0 Å². The molecule has 0 saturated heterocycles. The zero-order valence-corrected chi connectivity index (χ0v) is 12.3. The quantitative estimate of drug-likeness (QED) is 0.793. The number of benzene rings is 1. The van der Waals surface area contributed by atoms with Gasteiger partial charge in [-0.05, 0) is 24.1 Å². The van der Waals surface area contributed by atoms with Crippen LogP contribution in [0.3, 0.4) is 0 Å². The molecule has 0 saturated carbocycles. The first-order valence-corrected chi connectivity index (χ1v) is 6.64. The molecule has 1 heterocycles. The molecular weight excluding hydrogens is 283 g/mol. The zero-order chi connectivity index (χ0) is 15.7. The summed E-state index contributed by atoms with van der Waals surface area (Å²) in [5, 5.41) is 0. The molecule has 1 aliphatic heterocycles. The number of halogens is 3. The Bertz CT molecular complexity index is 555. The second-order valence-corrected chi connectivity index (χ2v) is 5.14. The van der Waals surface area contributed by atoms with Gasteiger partial charge in [0.05, 0.1) is 19.3 Å². The Hall–Kier alpha value is -1.37. The van der Waals surface area contributed by atoms with Gasteiger partial charge in [-0.2, -0.15) is 18.0 Å². The van der Waals surface area contributed by atoms with Crippen molar-refractivity contribution in [2.75, 3.05) is 27.9 Å². The maximum Gasteiger partial charge on any atom is 0.416 e. The average molecular weight is 302 g/mol. The van der Waals surface area contributed by atoms with Crippen LogP contribution in [0.1, 0.15) is 16.7 Å². The van der Waals surface area contributed by atoms with Gasteiger partial charge in [-0.25, -0.2) is 0 Å². The van der Waals surface area contributed by atoms with E-state index in [2.05, 4.69) is 0 Å². The molecule has 0 radical (unpaired) electrons. The van der Waals surface area contributed by atoms with Crippen molar-refractivity contribution in [3.05, 3.63) is 41.1 Å². The van der Waals surface area contributed by atoms with Crippen molar-refractivity contribution in [2.45, 2.75) is 19.0 Å². The zero-order valence-electron chi connectivity index (χ0n) is 12.3. The Kier molecular flexibility index (Phi) is 4.41. The van der Waals surface area contributed by atoms with Crippen molar-refractivity contribution in [1.82, 2.24) is 4.65 Å². The number of methoxy groups -OCH3 is 1. The van der Waals surface area contributed by atoms with Gasteiger partial charge < -0.3 is 4.74 Å². The Morgan fingerprint density at radius 3 is 2.52 bits per heavy atom. The summed E-state index contributed by atoms with van der Waals surface area (Å²) < 4.78 is 44.3. The molecule has 3 nitrogen and oxygen atoms in total. The van der Waals surface area contributed by atoms with Crippen LogP contribution in [0.4, 0.5) is 18.9 Å². The van der Waals surface area contributed by atoms with E-state index in [0.717, 1.165) is 5.56 Å². The summed E-state index contributed by atoms with van der Waals surface area (Å²) in [6, 6.07) is 2.40. The minimum Gasteiger partial charge on any atom is -0.384 e. The van der Waals surface area contributed by atoms with E-state index in [4.69, 9.17) is 9.57 Å². The maximum atomic E-state index is 13.1. The van der Waals surface area contributed by atoms with Crippen LogP contribution in [-0.4, -0.2) is 27.9 Å². The number of alkyl halides is 3. The molecule has 2 rings (SSSR count). The molecule has 0 aromatic heterocycles. The second-order valence-electron chi connectivity index (χ2n) is 5.14. The van der Waals surface area contributed by atoms with Gasteiger partial charge in [0.2, 0.25) is 0 Å². The van der Waals surface area contributed by atoms with Gasteiger partial charge in [0.15, 0.2) is 5.69 Å². The van der Waals surface area contributed by atoms with Gasteiger partial charge in [-0.15, -0.1) is 4.65 Å². The third-order valence-electron chi connectivity index (χ3n) is 3.79. The van der Waals surface area contributed by atoms with Crippen molar-refractivity contribution in [3.63, 3.8) is 0 Å². The summed E-state index contributed by atoms with van der Waals surface area (Å²) in [4.78, 5) is 5.38. The number of rotatable bonds is 4. The van der Waals surface area contributed by atoms with Crippen molar-refractivity contribution < 1.29 is 22.7 Å². The highest BCUT2D eigenvalue weighted by Crippen LogP contribution is 2.40. The van der Waals surface area contributed by atoms with E-state index in [0.29, 0.717) is 30.7 Å². The van der Waals surface area contributed by atoms with Gasteiger partial charge >= 0.3 is 6.18 Å². The van der Waals surface area contributed by atoms with Gasteiger partial charge in [0.1, 0.15) is 13.2 Å². The highest BCUT2D eigenvalue weighted by atomic mass is 19.4. The van der Waals surface area contributed by atoms with E-state index < -0.39 is 11.7 Å². The number of hydroxylamine groups is 2. The molecular formula is C15H19F3NO2+. The number of fused-ring (bicyclic) bond motifs is 1. The first kappa shape index (κ1) is 16.0. The van der Waals surface area contributed by atoms with Gasteiger partial charge in [-0.3, -0.25) is 0 Å². The molecule has 1 aromatic carbocycles. The lowest BCUT2D eigenvalue weighted by atomic mass is 9.94. The molecule has 0 amide bonds. The Balaban J connectivity index is 2.60. The SMILES string of the molecule is COCCc1cc(C(F)(F)F)cc2c1CC=C[N+]2(C)OC. The van der Waals surface area contributed by atoms with Crippen molar-refractivity contribution in [3.8, 4) is 0 Å². The minimum atomic E-state index is -4.38. The number of hydrogen-bond acceptors (Lipinski definition) is 2. The number of hydrogen-bond donors (Lipinski definition) is 0. The van der Waals surface area contributed by atoms with Crippen LogP contribution < -0.4 is 4.65 Å². The van der Waals surface area contributed by atoms with Crippen molar-refractivity contribution in [2.24, 2.45) is 0 Å². The van der Waals surface area contributed by atoms with Gasteiger partial charge in [0.25, 0.3) is 0 Å². The number of nitrogens with zero attached hydrogens (tertiary/aromatic N) is 1. The van der Waals surface area contributed by atoms with Crippen LogP contribution in [-0.2, 0) is 28.6 Å². The normalized spacial score (nSPS) is 21.4. The fourth-order valence-electron chi connectivity index (χ4n) is 2.56. The molecule has 1 unspecified atom stereocenters. The van der Waals surface area contributed by atoms with Crippen LogP contribution in [0.2, 0.25) is 0 Å². The Morgan fingerprint density at radius 2 is 1.95 bits per heavy atom. The summed E-state index contributed by atoms with van der Waals surface area (Å²) in [5.74, 6) is 0. The van der Waals surface area contributed by atoms with E-state index in [9.17, 15) is 13.2 Å². The molecule has 21 heavy (non-hydrogen) atoms. The summed E-state index contributed by atoms with van der Waals surface area (Å²) in [5.41, 5.74) is 1.42. The highest BCUT2D eigenvalue weighted by Gasteiger charge is 2.37. The van der Waals surface area contributed by atoms with E-state index >= 15 is 0 Å². The maximum absolute atomic E-state index is 13.1. The fourth-order valence-corrected chi connectivity index (χ4v) is 2.56. The lowest BCUT2D eigenvalue weighted by molar-refractivity contribution is -0.137. The number of allylic oxidation sites excluding steroid dienone is 1. The number of quaternary nitrogens is 1. The first-order valence-electron chi connectivity index (χ1n) is 6.64. The monoisotopic (exact) mass is 302 g/mol. The predicted molar refractivity (Wildman–Crippen MR) is 74.6 cm³/mol. The van der Waals surface area contributed by atoms with Gasteiger partial charge in [-0.1, -0.05) is 0 Å². The molecule has 1 aromatic rings. The largest absolute Gasteiger partial charge is 0.416 e. The van der Waals surface area contributed by atoms with Crippen LogP contribution in [0.15, 0.2) is 24.4 Å². The second kappa shape index (κ2) is 5.79. The minimum absolute atomic E-state index is 0.0980. The molecule has 1 aliphatic rings. The molecule has 0 spiro atoms. The Labute approximate surface area is 122 Å². The first-order chi connectivity index (χ1) is 9.81. The summed E-state index contributed by atoms with van der Waals surface area (Å²) in [7, 11) is 4.73. The van der Waals surface area contributed by atoms with Crippen molar-refractivity contribution in [1.29, 1.82) is 0 Å². The predicted octanol–water partition coefficient (Wildman–Crippen LogP) is 3.46. The average Bonchev–Trinajstić information content (AvgIpc) is 2.44. The van der Waals surface area contributed by atoms with Gasteiger partial charge in [0, 0.05) is 25.2 Å². The summed E-state index contributed by atoms with van der Waals surface area (Å²) >= 11 is 0.